The molecule has 0 N–H and O–H groups in total. The van der Waals surface area contributed by atoms with Gasteiger partial charge in [-0.2, -0.15) is 0 Å². The van der Waals surface area contributed by atoms with Crippen LogP contribution in [0.15, 0.2) is 35.6 Å². The van der Waals surface area contributed by atoms with Crippen molar-refractivity contribution in [2.45, 2.75) is 110 Å². The van der Waals surface area contributed by atoms with Crippen molar-refractivity contribution in [1.29, 1.82) is 0 Å². The lowest BCUT2D eigenvalue weighted by atomic mass is 10.0. The molecule has 0 aromatic carbocycles. The van der Waals surface area contributed by atoms with Gasteiger partial charge in [0.25, 0.3) is 0 Å². The van der Waals surface area contributed by atoms with Gasteiger partial charge in [0.15, 0.2) is 0 Å². The quantitative estimate of drug-likeness (QED) is 0.221. The summed E-state index contributed by atoms with van der Waals surface area (Å²) in [5.41, 5.74) is 0.889. The molecule has 0 aromatic heterocycles. The lowest BCUT2D eigenvalue weighted by molar-refractivity contribution is -0.307. The predicted molar refractivity (Wildman–Crippen MR) is 105 cm³/mol. The predicted octanol–water partition coefficient (Wildman–Crippen LogP) is 6.99. The van der Waals surface area contributed by atoms with E-state index < -0.39 is 0 Å². The molecule has 0 radical (unpaired) electrons. The van der Waals surface area contributed by atoms with Crippen molar-refractivity contribution < 1.29 is 5.11 Å². The molecule has 0 amide bonds. The molecule has 1 heteroatoms. The van der Waals surface area contributed by atoms with Crippen molar-refractivity contribution >= 4 is 0 Å². The number of unbranched alkanes of at least 4 members (excludes halogenated alkanes) is 14. The Morgan fingerprint density at radius 3 is 1.42 bits per heavy atom. The van der Waals surface area contributed by atoms with E-state index >= 15 is 0 Å². The minimum atomic E-state index is 0.315. The van der Waals surface area contributed by atoms with Crippen LogP contribution in [-0.2, 0) is 0 Å². The summed E-state index contributed by atoms with van der Waals surface area (Å²) in [6.45, 7) is 2.28. The van der Waals surface area contributed by atoms with Crippen molar-refractivity contribution in [3.8, 4) is 0 Å². The molecule has 1 nitrogen and oxygen atoms in total. The van der Waals surface area contributed by atoms with Crippen molar-refractivity contribution in [2.75, 3.05) is 0 Å². The molecule has 0 bridgehead atoms. The maximum absolute atomic E-state index is 11.8. The molecule has 1 aliphatic carbocycles. The first-order valence-electron chi connectivity index (χ1n) is 10.6. The highest BCUT2D eigenvalue weighted by Gasteiger charge is 1.96. The molecule has 1 rings (SSSR count). The van der Waals surface area contributed by atoms with E-state index in [1.807, 2.05) is 24.3 Å². The summed E-state index contributed by atoms with van der Waals surface area (Å²) in [4.78, 5) is 0. The summed E-state index contributed by atoms with van der Waals surface area (Å²) in [6.07, 6.45) is 29.0. The second-order valence-electron chi connectivity index (χ2n) is 7.30. The Hall–Kier alpha value is -0.980. The molecule has 24 heavy (non-hydrogen) atoms. The molecule has 0 aromatic rings. The third-order valence-corrected chi connectivity index (χ3v) is 4.99. The zero-order valence-corrected chi connectivity index (χ0v) is 16.0. The molecule has 0 saturated carbocycles. The van der Waals surface area contributed by atoms with E-state index in [2.05, 4.69) is 6.92 Å². The normalized spacial score (nSPS) is 13.1. The number of rotatable bonds is 16. The summed E-state index contributed by atoms with van der Waals surface area (Å²) in [6, 6.07) is 0. The second-order valence-corrected chi connectivity index (χ2v) is 7.30. The van der Waals surface area contributed by atoms with Gasteiger partial charge in [0.05, 0.1) is 0 Å². The van der Waals surface area contributed by atoms with Gasteiger partial charge in [-0.1, -0.05) is 128 Å². The molecule has 0 unspecified atom stereocenters. The van der Waals surface area contributed by atoms with Crippen LogP contribution in [0.4, 0.5) is 0 Å². The number of hydrogen-bond acceptors (Lipinski definition) is 1. The minimum Gasteiger partial charge on any atom is -0.875 e. The molecular formula is C23H39O-. The van der Waals surface area contributed by atoms with Crippen LogP contribution in [0, 0.1) is 0 Å². The molecule has 0 spiro atoms. The van der Waals surface area contributed by atoms with Gasteiger partial charge in [-0.25, -0.2) is 0 Å². The standard InChI is InChI=1S/C23H40O/c1-2-3-4-5-6-7-8-9-10-11-12-13-14-15-16-21-23(24)22-19-17-18-20-22/h17-20,24H,2-16,21H2,1H3/p-1. The zero-order chi connectivity index (χ0) is 17.3. The molecule has 138 valence electrons. The lowest BCUT2D eigenvalue weighted by Gasteiger charge is -2.13. The van der Waals surface area contributed by atoms with E-state index in [0.717, 1.165) is 18.4 Å². The molecule has 0 saturated heterocycles. The molecule has 0 heterocycles. The fraction of sp³-hybridized carbons (Fsp3) is 0.739. The third kappa shape index (κ3) is 11.5. The van der Waals surface area contributed by atoms with Crippen molar-refractivity contribution in [1.82, 2.24) is 0 Å². The van der Waals surface area contributed by atoms with E-state index in [-0.39, 0.29) is 0 Å². The third-order valence-electron chi connectivity index (χ3n) is 4.99. The summed E-state index contributed by atoms with van der Waals surface area (Å²) in [5.74, 6) is 0.315. The van der Waals surface area contributed by atoms with Crippen LogP contribution in [0.2, 0.25) is 0 Å². The van der Waals surface area contributed by atoms with E-state index in [0.29, 0.717) is 5.76 Å². The topological polar surface area (TPSA) is 23.1 Å². The van der Waals surface area contributed by atoms with Gasteiger partial charge in [-0.05, 0) is 12.0 Å². The summed E-state index contributed by atoms with van der Waals surface area (Å²) in [5, 5.41) is 11.8. The van der Waals surface area contributed by atoms with E-state index in [1.54, 1.807) is 0 Å². The van der Waals surface area contributed by atoms with Crippen LogP contribution < -0.4 is 5.11 Å². The minimum absolute atomic E-state index is 0.315. The maximum atomic E-state index is 11.8. The van der Waals surface area contributed by atoms with Crippen LogP contribution in [-0.4, -0.2) is 0 Å². The van der Waals surface area contributed by atoms with Crippen LogP contribution >= 0.6 is 0 Å². The Morgan fingerprint density at radius 2 is 1.00 bits per heavy atom. The fourth-order valence-corrected chi connectivity index (χ4v) is 3.36. The average Bonchev–Trinajstić information content (AvgIpc) is 3.13. The van der Waals surface area contributed by atoms with Crippen molar-refractivity contribution in [3.05, 3.63) is 35.6 Å². The van der Waals surface area contributed by atoms with Gasteiger partial charge >= 0.3 is 0 Å². The van der Waals surface area contributed by atoms with E-state index in [9.17, 15) is 5.11 Å². The largest absolute Gasteiger partial charge is 0.875 e. The zero-order valence-electron chi connectivity index (χ0n) is 16.0. The number of hydrogen-bond donors (Lipinski definition) is 0. The molecule has 0 fully saturated rings. The second kappa shape index (κ2) is 15.5. The lowest BCUT2D eigenvalue weighted by Crippen LogP contribution is -2.05. The Kier molecular flexibility index (Phi) is 13.6. The van der Waals surface area contributed by atoms with Gasteiger partial charge < -0.3 is 5.11 Å². The SMILES string of the molecule is CCCCCCCCCCCCCCCCCC([O-])=C1C=CC=C1. The van der Waals surface area contributed by atoms with Gasteiger partial charge in [0.1, 0.15) is 0 Å². The highest BCUT2D eigenvalue weighted by Crippen LogP contribution is 2.16. The first-order chi connectivity index (χ1) is 11.8. The monoisotopic (exact) mass is 331 g/mol. The van der Waals surface area contributed by atoms with Crippen LogP contribution in [0.25, 0.3) is 0 Å². The highest BCUT2D eigenvalue weighted by molar-refractivity contribution is 5.41. The molecule has 1 aliphatic rings. The average molecular weight is 332 g/mol. The van der Waals surface area contributed by atoms with Gasteiger partial charge in [0, 0.05) is 0 Å². The van der Waals surface area contributed by atoms with Crippen molar-refractivity contribution in [2.24, 2.45) is 0 Å². The van der Waals surface area contributed by atoms with Crippen molar-refractivity contribution in [3.63, 3.8) is 0 Å². The van der Waals surface area contributed by atoms with Crippen LogP contribution in [0.5, 0.6) is 0 Å². The first kappa shape index (κ1) is 21.1. The summed E-state index contributed by atoms with van der Waals surface area (Å²) in [7, 11) is 0. The molecular weight excluding hydrogens is 292 g/mol. The Morgan fingerprint density at radius 1 is 0.625 bits per heavy atom. The van der Waals surface area contributed by atoms with Gasteiger partial charge in [0.2, 0.25) is 0 Å². The smallest absolute Gasteiger partial charge is 0.0376 e. The van der Waals surface area contributed by atoms with Crippen LogP contribution in [0.3, 0.4) is 0 Å². The molecule has 0 aliphatic heterocycles. The fourth-order valence-electron chi connectivity index (χ4n) is 3.36. The Bertz CT molecular complexity index is 361. The van der Waals surface area contributed by atoms with E-state index in [4.69, 9.17) is 0 Å². The maximum Gasteiger partial charge on any atom is -0.0376 e. The van der Waals surface area contributed by atoms with E-state index in [1.165, 1.54) is 89.9 Å². The van der Waals surface area contributed by atoms with Gasteiger partial charge in [-0.3, -0.25) is 0 Å². The highest BCUT2D eigenvalue weighted by atomic mass is 16.3. The van der Waals surface area contributed by atoms with Crippen LogP contribution in [0.1, 0.15) is 110 Å². The first-order valence-corrected chi connectivity index (χ1v) is 10.6. The Labute approximate surface area is 150 Å². The summed E-state index contributed by atoms with van der Waals surface area (Å²) < 4.78 is 0. The van der Waals surface area contributed by atoms with Gasteiger partial charge in [-0.15, -0.1) is 5.76 Å². The Balaban J connectivity index is 1.76. The molecule has 0 atom stereocenters. The summed E-state index contributed by atoms with van der Waals surface area (Å²) >= 11 is 0. The number of allylic oxidation sites excluding steroid dienone is 6.